The molecule has 0 spiro atoms. The van der Waals surface area contributed by atoms with Crippen molar-refractivity contribution >= 4 is 27.5 Å². The summed E-state index contributed by atoms with van der Waals surface area (Å²) in [6.45, 7) is 6.04. The SMILES string of the molecule is CC(C)(C)OC(=O)N1CCC(S(=O)(=O)c2ccnc(Cl)n2)CC1. The van der Waals surface area contributed by atoms with Gasteiger partial charge in [0.25, 0.3) is 0 Å². The Morgan fingerprint density at radius 3 is 2.48 bits per heavy atom. The minimum Gasteiger partial charge on any atom is -0.444 e. The number of likely N-dealkylation sites (tertiary alicyclic amines) is 1. The Kier molecular flexibility index (Phi) is 5.15. The number of hydrogen-bond acceptors (Lipinski definition) is 6. The van der Waals surface area contributed by atoms with E-state index in [0.717, 1.165) is 0 Å². The lowest BCUT2D eigenvalue weighted by Gasteiger charge is -2.33. The van der Waals surface area contributed by atoms with Gasteiger partial charge in [-0.1, -0.05) is 0 Å². The third kappa shape index (κ3) is 4.54. The zero-order valence-electron chi connectivity index (χ0n) is 13.3. The number of rotatable bonds is 2. The average Bonchev–Trinajstić information content (AvgIpc) is 2.45. The number of carbonyl (C=O) groups is 1. The summed E-state index contributed by atoms with van der Waals surface area (Å²) in [5, 5.41) is -0.766. The average molecular weight is 362 g/mol. The fourth-order valence-corrected chi connectivity index (χ4v) is 4.16. The molecule has 0 N–H and O–H groups in total. The largest absolute Gasteiger partial charge is 0.444 e. The second-order valence-electron chi connectivity index (χ2n) is 6.38. The number of amides is 1. The van der Waals surface area contributed by atoms with Crippen LogP contribution >= 0.6 is 11.6 Å². The Bertz CT molecular complexity index is 680. The second-order valence-corrected chi connectivity index (χ2v) is 8.89. The summed E-state index contributed by atoms with van der Waals surface area (Å²) in [5.74, 6) is 0. The minimum atomic E-state index is -3.58. The minimum absolute atomic E-state index is 0.0757. The van der Waals surface area contributed by atoms with Crippen molar-refractivity contribution in [2.45, 2.75) is 49.5 Å². The Balaban J connectivity index is 2.03. The summed E-state index contributed by atoms with van der Waals surface area (Å²) < 4.78 is 30.4. The first kappa shape index (κ1) is 17.9. The smallest absolute Gasteiger partial charge is 0.410 e. The first-order chi connectivity index (χ1) is 10.6. The van der Waals surface area contributed by atoms with Crippen molar-refractivity contribution < 1.29 is 17.9 Å². The van der Waals surface area contributed by atoms with Gasteiger partial charge in [-0.2, -0.15) is 0 Å². The maximum atomic E-state index is 12.6. The van der Waals surface area contributed by atoms with Gasteiger partial charge < -0.3 is 9.64 Å². The molecule has 1 saturated heterocycles. The Morgan fingerprint density at radius 2 is 1.96 bits per heavy atom. The van der Waals surface area contributed by atoms with Gasteiger partial charge in [0.2, 0.25) is 5.28 Å². The van der Waals surface area contributed by atoms with Crippen molar-refractivity contribution in [3.8, 4) is 0 Å². The van der Waals surface area contributed by atoms with Crippen molar-refractivity contribution in [1.82, 2.24) is 14.9 Å². The lowest BCUT2D eigenvalue weighted by molar-refractivity contribution is 0.0217. The van der Waals surface area contributed by atoms with E-state index in [0.29, 0.717) is 25.9 Å². The topological polar surface area (TPSA) is 89.5 Å². The molecule has 1 aliphatic rings. The van der Waals surface area contributed by atoms with Crippen LogP contribution in [0.4, 0.5) is 4.79 Å². The zero-order valence-corrected chi connectivity index (χ0v) is 14.9. The molecule has 1 aliphatic heterocycles. The number of piperidine rings is 1. The maximum absolute atomic E-state index is 12.6. The van der Waals surface area contributed by atoms with Gasteiger partial charge in [-0.25, -0.2) is 23.2 Å². The van der Waals surface area contributed by atoms with E-state index in [1.54, 1.807) is 20.8 Å². The standard InChI is InChI=1S/C14H20ClN3O4S/c1-14(2,3)22-13(19)18-8-5-10(6-9-18)23(20,21)11-4-7-16-12(15)17-11/h4,7,10H,5-6,8-9H2,1-3H3. The molecule has 0 radical (unpaired) electrons. The van der Waals surface area contributed by atoms with Crippen molar-refractivity contribution in [3.05, 3.63) is 17.5 Å². The summed E-state index contributed by atoms with van der Waals surface area (Å²) in [4.78, 5) is 21.0. The lowest BCUT2D eigenvalue weighted by Crippen LogP contribution is -2.44. The Morgan fingerprint density at radius 1 is 1.35 bits per heavy atom. The molecule has 0 atom stereocenters. The molecule has 0 bridgehead atoms. The highest BCUT2D eigenvalue weighted by Crippen LogP contribution is 2.24. The predicted octanol–water partition coefficient (Wildman–Crippen LogP) is 2.30. The molecule has 9 heteroatoms. The van der Waals surface area contributed by atoms with E-state index in [-0.39, 0.29) is 10.3 Å². The van der Waals surface area contributed by atoms with Crippen molar-refractivity contribution in [2.24, 2.45) is 0 Å². The molecule has 1 aromatic rings. The third-order valence-electron chi connectivity index (χ3n) is 3.42. The summed E-state index contributed by atoms with van der Waals surface area (Å²) in [5.41, 5.74) is -0.572. The van der Waals surface area contributed by atoms with Gasteiger partial charge in [0.1, 0.15) is 5.60 Å². The van der Waals surface area contributed by atoms with Crippen LogP contribution < -0.4 is 0 Å². The molecular weight excluding hydrogens is 342 g/mol. The number of hydrogen-bond donors (Lipinski definition) is 0. The first-order valence-electron chi connectivity index (χ1n) is 7.30. The van der Waals surface area contributed by atoms with Gasteiger partial charge in [-0.05, 0) is 51.3 Å². The van der Waals surface area contributed by atoms with Gasteiger partial charge in [0.15, 0.2) is 14.9 Å². The third-order valence-corrected chi connectivity index (χ3v) is 5.77. The Hall–Kier alpha value is -1.41. The van der Waals surface area contributed by atoms with Crippen LogP contribution in [0.1, 0.15) is 33.6 Å². The van der Waals surface area contributed by atoms with Crippen LogP contribution in [-0.2, 0) is 14.6 Å². The highest BCUT2D eigenvalue weighted by Gasteiger charge is 2.35. The van der Waals surface area contributed by atoms with Crippen LogP contribution in [0, 0.1) is 0 Å². The van der Waals surface area contributed by atoms with E-state index >= 15 is 0 Å². The molecule has 128 valence electrons. The van der Waals surface area contributed by atoms with Gasteiger partial charge in [0.05, 0.1) is 5.25 Å². The van der Waals surface area contributed by atoms with E-state index in [1.165, 1.54) is 17.2 Å². The Labute approximate surface area is 140 Å². The number of nitrogens with zero attached hydrogens (tertiary/aromatic N) is 3. The molecule has 2 heterocycles. The monoisotopic (exact) mass is 361 g/mol. The van der Waals surface area contributed by atoms with E-state index in [9.17, 15) is 13.2 Å². The number of halogens is 1. The normalized spacial score (nSPS) is 17.1. The highest BCUT2D eigenvalue weighted by molar-refractivity contribution is 7.92. The zero-order chi connectivity index (χ0) is 17.3. The number of ether oxygens (including phenoxy) is 1. The van der Waals surface area contributed by atoms with E-state index in [4.69, 9.17) is 16.3 Å². The van der Waals surface area contributed by atoms with Crippen molar-refractivity contribution in [2.75, 3.05) is 13.1 Å². The molecule has 7 nitrogen and oxygen atoms in total. The molecule has 0 aliphatic carbocycles. The van der Waals surface area contributed by atoms with Crippen LogP contribution in [0.5, 0.6) is 0 Å². The van der Waals surface area contributed by atoms with E-state index in [1.807, 2.05) is 0 Å². The predicted molar refractivity (Wildman–Crippen MR) is 85.1 cm³/mol. The lowest BCUT2D eigenvalue weighted by atomic mass is 10.1. The number of aromatic nitrogens is 2. The molecule has 1 amide bonds. The van der Waals surface area contributed by atoms with Crippen LogP contribution in [0.25, 0.3) is 0 Å². The summed E-state index contributed by atoms with van der Waals surface area (Å²) in [7, 11) is -3.58. The van der Waals surface area contributed by atoms with Crippen LogP contribution in [0.3, 0.4) is 0 Å². The highest BCUT2D eigenvalue weighted by atomic mass is 35.5. The fraction of sp³-hybridized carbons (Fsp3) is 0.643. The molecule has 1 fully saturated rings. The molecule has 0 saturated carbocycles. The van der Waals surface area contributed by atoms with Crippen molar-refractivity contribution in [1.29, 1.82) is 0 Å². The molecule has 0 aromatic carbocycles. The molecule has 23 heavy (non-hydrogen) atoms. The molecule has 0 unspecified atom stereocenters. The fourth-order valence-electron chi connectivity index (χ4n) is 2.32. The van der Waals surface area contributed by atoms with Crippen molar-refractivity contribution in [3.63, 3.8) is 0 Å². The van der Waals surface area contributed by atoms with Gasteiger partial charge in [-0.3, -0.25) is 0 Å². The summed E-state index contributed by atoms with van der Waals surface area (Å²) in [6.07, 6.45) is 1.57. The number of carbonyl (C=O) groups excluding carboxylic acids is 1. The summed E-state index contributed by atoms with van der Waals surface area (Å²) >= 11 is 5.66. The van der Waals surface area contributed by atoms with Crippen LogP contribution in [0.15, 0.2) is 17.3 Å². The molecule has 2 rings (SSSR count). The molecule has 1 aromatic heterocycles. The first-order valence-corrected chi connectivity index (χ1v) is 9.22. The van der Waals surface area contributed by atoms with E-state index < -0.39 is 26.8 Å². The molecular formula is C14H20ClN3O4S. The van der Waals surface area contributed by atoms with Gasteiger partial charge in [-0.15, -0.1) is 0 Å². The summed E-state index contributed by atoms with van der Waals surface area (Å²) in [6, 6.07) is 1.33. The second kappa shape index (κ2) is 6.60. The van der Waals surface area contributed by atoms with Gasteiger partial charge in [0, 0.05) is 19.3 Å². The maximum Gasteiger partial charge on any atom is 0.410 e. The quantitative estimate of drug-likeness (QED) is 0.593. The van der Waals surface area contributed by atoms with Gasteiger partial charge >= 0.3 is 6.09 Å². The van der Waals surface area contributed by atoms with Crippen LogP contribution in [-0.4, -0.2) is 53.3 Å². The van der Waals surface area contributed by atoms with Crippen LogP contribution in [0.2, 0.25) is 5.28 Å². The van der Waals surface area contributed by atoms with E-state index in [2.05, 4.69) is 9.97 Å². The number of sulfone groups is 1.